The molecule has 2 fully saturated rings. The molecule has 0 radical (unpaired) electrons. The minimum atomic E-state index is -0.300. The summed E-state index contributed by atoms with van der Waals surface area (Å²) in [6, 6.07) is 7.27. The summed E-state index contributed by atoms with van der Waals surface area (Å²) in [5.41, 5.74) is 2.08. The standard InChI is InChI=1S/C20H26N2O3/c1-19(2)15(20(19,3)4)11-21-17(24)13-7-5-12(6-8-13)9-14-10-16(23)22-18(14)25/h5-8,14-15H,9-11H2,1-4H3,(H,21,24)(H,22,23,25)/t14-/m1/s1. The van der Waals surface area contributed by atoms with Crippen molar-refractivity contribution >= 4 is 17.7 Å². The van der Waals surface area contributed by atoms with Gasteiger partial charge in [0.2, 0.25) is 11.8 Å². The fourth-order valence-corrected chi connectivity index (χ4v) is 3.99. The Morgan fingerprint density at radius 2 is 1.72 bits per heavy atom. The minimum Gasteiger partial charge on any atom is -0.352 e. The number of rotatable bonds is 5. The van der Waals surface area contributed by atoms with E-state index in [2.05, 4.69) is 38.3 Å². The van der Waals surface area contributed by atoms with Crippen LogP contribution in [0.3, 0.4) is 0 Å². The van der Waals surface area contributed by atoms with Gasteiger partial charge in [-0.3, -0.25) is 19.7 Å². The molecule has 5 nitrogen and oxygen atoms in total. The van der Waals surface area contributed by atoms with Gasteiger partial charge in [-0.05, 0) is 40.9 Å². The second-order valence-electron chi connectivity index (χ2n) is 8.42. The molecule has 1 atom stereocenters. The van der Waals surface area contributed by atoms with Gasteiger partial charge in [-0.15, -0.1) is 0 Å². The highest BCUT2D eigenvalue weighted by molar-refractivity contribution is 6.03. The monoisotopic (exact) mass is 342 g/mol. The van der Waals surface area contributed by atoms with E-state index in [1.807, 2.05) is 12.1 Å². The van der Waals surface area contributed by atoms with Crippen molar-refractivity contribution in [2.45, 2.75) is 40.5 Å². The molecular formula is C20H26N2O3. The molecule has 134 valence electrons. The Balaban J connectivity index is 1.54. The van der Waals surface area contributed by atoms with Gasteiger partial charge in [0.25, 0.3) is 5.91 Å². The lowest BCUT2D eigenvalue weighted by Crippen LogP contribution is -2.27. The average molecular weight is 342 g/mol. The summed E-state index contributed by atoms with van der Waals surface area (Å²) in [4.78, 5) is 35.2. The van der Waals surface area contributed by atoms with Gasteiger partial charge < -0.3 is 5.32 Å². The summed E-state index contributed by atoms with van der Waals surface area (Å²) < 4.78 is 0. The Morgan fingerprint density at radius 3 is 2.20 bits per heavy atom. The van der Waals surface area contributed by atoms with Crippen LogP contribution in [0.1, 0.15) is 50.0 Å². The summed E-state index contributed by atoms with van der Waals surface area (Å²) in [5.74, 6) is -0.301. The second-order valence-corrected chi connectivity index (χ2v) is 8.42. The van der Waals surface area contributed by atoms with Crippen LogP contribution in [0.4, 0.5) is 0 Å². The zero-order valence-corrected chi connectivity index (χ0v) is 15.3. The van der Waals surface area contributed by atoms with Crippen molar-refractivity contribution in [2.24, 2.45) is 22.7 Å². The van der Waals surface area contributed by atoms with Gasteiger partial charge in [-0.2, -0.15) is 0 Å². The number of amides is 3. The summed E-state index contributed by atoms with van der Waals surface area (Å²) >= 11 is 0. The summed E-state index contributed by atoms with van der Waals surface area (Å²) in [6.45, 7) is 9.64. The molecule has 0 unspecified atom stereocenters. The highest BCUT2D eigenvalue weighted by atomic mass is 16.2. The Hall–Kier alpha value is -2.17. The Morgan fingerprint density at radius 1 is 1.12 bits per heavy atom. The summed E-state index contributed by atoms with van der Waals surface area (Å²) in [6.07, 6.45) is 0.762. The first-order valence-corrected chi connectivity index (χ1v) is 8.84. The van der Waals surface area contributed by atoms with Crippen molar-refractivity contribution in [1.82, 2.24) is 10.6 Å². The molecule has 5 heteroatoms. The molecule has 1 heterocycles. The molecule has 2 N–H and O–H groups in total. The number of benzene rings is 1. The Labute approximate surface area is 148 Å². The quantitative estimate of drug-likeness (QED) is 0.806. The lowest BCUT2D eigenvalue weighted by molar-refractivity contribution is -0.125. The van der Waals surface area contributed by atoms with Crippen molar-refractivity contribution in [1.29, 1.82) is 0 Å². The molecule has 2 aliphatic rings. The second kappa shape index (κ2) is 5.97. The van der Waals surface area contributed by atoms with Crippen molar-refractivity contribution in [3.63, 3.8) is 0 Å². The highest BCUT2D eigenvalue weighted by Crippen LogP contribution is 2.67. The zero-order valence-electron chi connectivity index (χ0n) is 15.3. The van der Waals surface area contributed by atoms with E-state index in [-0.39, 0.29) is 40.9 Å². The molecule has 1 aliphatic carbocycles. The lowest BCUT2D eigenvalue weighted by Gasteiger charge is -2.09. The van der Waals surface area contributed by atoms with Crippen LogP contribution in [0.15, 0.2) is 24.3 Å². The zero-order chi connectivity index (χ0) is 18.4. The number of hydrogen-bond donors (Lipinski definition) is 2. The van der Waals surface area contributed by atoms with Crippen molar-refractivity contribution in [2.75, 3.05) is 6.54 Å². The van der Waals surface area contributed by atoms with Crippen LogP contribution in [0.2, 0.25) is 0 Å². The molecule has 0 bridgehead atoms. The summed E-state index contributed by atoms with van der Waals surface area (Å²) in [7, 11) is 0. The van der Waals surface area contributed by atoms with Crippen molar-refractivity contribution < 1.29 is 14.4 Å². The van der Waals surface area contributed by atoms with Crippen LogP contribution in [0.5, 0.6) is 0 Å². The van der Waals surface area contributed by atoms with Gasteiger partial charge in [0.1, 0.15) is 0 Å². The van der Waals surface area contributed by atoms with Crippen molar-refractivity contribution in [3.8, 4) is 0 Å². The minimum absolute atomic E-state index is 0.0705. The van der Waals surface area contributed by atoms with E-state index >= 15 is 0 Å². The van der Waals surface area contributed by atoms with E-state index in [1.54, 1.807) is 12.1 Å². The molecule has 1 saturated heterocycles. The van der Waals surface area contributed by atoms with Gasteiger partial charge >= 0.3 is 0 Å². The topological polar surface area (TPSA) is 75.3 Å². The fourth-order valence-electron chi connectivity index (χ4n) is 3.99. The predicted molar refractivity (Wildman–Crippen MR) is 94.8 cm³/mol. The van der Waals surface area contributed by atoms with Crippen LogP contribution in [0.25, 0.3) is 0 Å². The maximum atomic E-state index is 12.3. The molecule has 1 aromatic carbocycles. The third-order valence-electron chi connectivity index (χ3n) is 6.55. The molecule has 1 aromatic rings. The van der Waals surface area contributed by atoms with Crippen LogP contribution >= 0.6 is 0 Å². The van der Waals surface area contributed by atoms with Crippen LogP contribution in [-0.2, 0) is 16.0 Å². The smallest absolute Gasteiger partial charge is 0.251 e. The summed E-state index contributed by atoms with van der Waals surface area (Å²) in [5, 5.41) is 5.35. The van der Waals surface area contributed by atoms with E-state index in [1.165, 1.54) is 0 Å². The average Bonchev–Trinajstić information content (AvgIpc) is 2.75. The van der Waals surface area contributed by atoms with Crippen LogP contribution in [0, 0.1) is 22.7 Å². The predicted octanol–water partition coefficient (Wildman–Crippen LogP) is 2.30. The normalized spacial score (nSPS) is 24.1. The molecule has 0 spiro atoms. The molecule has 1 saturated carbocycles. The van der Waals surface area contributed by atoms with Crippen molar-refractivity contribution in [3.05, 3.63) is 35.4 Å². The number of hydrogen-bond acceptors (Lipinski definition) is 3. The largest absolute Gasteiger partial charge is 0.352 e. The molecule has 3 amide bonds. The third kappa shape index (κ3) is 3.20. The van der Waals surface area contributed by atoms with Gasteiger partial charge in [0.15, 0.2) is 0 Å². The molecule has 0 aromatic heterocycles. The Bertz CT molecular complexity index is 705. The number of nitrogens with one attached hydrogen (secondary N) is 2. The number of carbonyl (C=O) groups excluding carboxylic acids is 3. The van der Waals surface area contributed by atoms with E-state index in [9.17, 15) is 14.4 Å². The first-order valence-electron chi connectivity index (χ1n) is 8.84. The Kier molecular flexibility index (Phi) is 4.21. The van der Waals surface area contributed by atoms with Crippen LogP contribution < -0.4 is 10.6 Å². The first-order chi connectivity index (χ1) is 11.6. The highest BCUT2D eigenvalue weighted by Gasteiger charge is 2.64. The van der Waals surface area contributed by atoms with E-state index in [0.29, 0.717) is 24.4 Å². The first kappa shape index (κ1) is 17.6. The van der Waals surface area contributed by atoms with Gasteiger partial charge in [0.05, 0.1) is 5.92 Å². The van der Waals surface area contributed by atoms with E-state index in [4.69, 9.17) is 0 Å². The lowest BCUT2D eigenvalue weighted by atomic mass is 9.97. The molecule has 3 rings (SSSR count). The molecule has 25 heavy (non-hydrogen) atoms. The molecular weight excluding hydrogens is 316 g/mol. The maximum absolute atomic E-state index is 12.3. The van der Waals surface area contributed by atoms with Gasteiger partial charge in [-0.25, -0.2) is 0 Å². The number of carbonyl (C=O) groups is 3. The molecule has 1 aliphatic heterocycles. The third-order valence-corrected chi connectivity index (χ3v) is 6.55. The van der Waals surface area contributed by atoms with Gasteiger partial charge in [-0.1, -0.05) is 39.8 Å². The number of imide groups is 1. The van der Waals surface area contributed by atoms with Crippen LogP contribution in [-0.4, -0.2) is 24.3 Å². The van der Waals surface area contributed by atoms with E-state index < -0.39 is 0 Å². The van der Waals surface area contributed by atoms with Gasteiger partial charge in [0, 0.05) is 18.5 Å². The SMILES string of the molecule is CC1(C)C(CNC(=O)c2ccc(C[C@@H]3CC(=O)NC3=O)cc2)C1(C)C. The maximum Gasteiger partial charge on any atom is 0.251 e. The van der Waals surface area contributed by atoms with E-state index in [0.717, 1.165) is 5.56 Å². The fraction of sp³-hybridized carbons (Fsp3) is 0.550.